The van der Waals surface area contributed by atoms with Crippen molar-refractivity contribution in [1.29, 1.82) is 0 Å². The summed E-state index contributed by atoms with van der Waals surface area (Å²) in [5.74, 6) is 1.28. The first-order valence-electron chi connectivity index (χ1n) is 11.5. The summed E-state index contributed by atoms with van der Waals surface area (Å²) in [6, 6.07) is 13.9. The molecule has 3 aromatic rings. The van der Waals surface area contributed by atoms with E-state index in [-0.39, 0.29) is 17.2 Å². The standard InChI is InChI=1S/C26H27N3O3S2/c1-16-6-3-8-19(14-16)24-22(28-17(2)34-24)26(31)29-11-13-33-21(29)15-27-25(30)20-10-4-7-18-9-5-12-32-23(18)20/h3-4,6-8,10,14,21H,5,9,11-13,15H2,1-2H3,(H,27,30). The fourth-order valence-electron chi connectivity index (χ4n) is 4.46. The van der Waals surface area contributed by atoms with Gasteiger partial charge in [0.15, 0.2) is 0 Å². The molecule has 34 heavy (non-hydrogen) atoms. The lowest BCUT2D eigenvalue weighted by Gasteiger charge is -2.24. The van der Waals surface area contributed by atoms with Crippen LogP contribution >= 0.6 is 23.1 Å². The van der Waals surface area contributed by atoms with Gasteiger partial charge in [0.1, 0.15) is 11.4 Å². The molecule has 1 fully saturated rings. The van der Waals surface area contributed by atoms with Crippen LogP contribution in [-0.4, -0.2) is 52.5 Å². The molecule has 1 N–H and O–H groups in total. The number of para-hydroxylation sites is 1. The highest BCUT2D eigenvalue weighted by Crippen LogP contribution is 2.34. The number of benzene rings is 2. The lowest BCUT2D eigenvalue weighted by Crippen LogP contribution is -2.42. The van der Waals surface area contributed by atoms with Gasteiger partial charge in [-0.2, -0.15) is 0 Å². The van der Waals surface area contributed by atoms with Crippen molar-refractivity contribution in [3.8, 4) is 16.2 Å². The second kappa shape index (κ2) is 9.80. The average molecular weight is 494 g/mol. The summed E-state index contributed by atoms with van der Waals surface area (Å²) in [6.07, 6.45) is 1.89. The molecule has 1 atom stereocenters. The molecular formula is C26H27N3O3S2. The first kappa shape index (κ1) is 22.9. The molecule has 0 radical (unpaired) electrons. The molecule has 8 heteroatoms. The van der Waals surface area contributed by atoms with Crippen LogP contribution in [0.2, 0.25) is 0 Å². The van der Waals surface area contributed by atoms with Crippen LogP contribution in [0.3, 0.4) is 0 Å². The van der Waals surface area contributed by atoms with Crippen molar-refractivity contribution in [1.82, 2.24) is 15.2 Å². The van der Waals surface area contributed by atoms with Gasteiger partial charge in [-0.1, -0.05) is 42.0 Å². The third kappa shape index (κ3) is 4.57. The predicted octanol–water partition coefficient (Wildman–Crippen LogP) is 4.70. The van der Waals surface area contributed by atoms with Gasteiger partial charge in [-0.15, -0.1) is 23.1 Å². The van der Waals surface area contributed by atoms with Gasteiger partial charge in [0.25, 0.3) is 11.8 Å². The van der Waals surface area contributed by atoms with Crippen LogP contribution in [-0.2, 0) is 6.42 Å². The van der Waals surface area contributed by atoms with Crippen LogP contribution in [0.15, 0.2) is 42.5 Å². The quantitative estimate of drug-likeness (QED) is 0.558. The van der Waals surface area contributed by atoms with Gasteiger partial charge in [0, 0.05) is 18.8 Å². The zero-order valence-electron chi connectivity index (χ0n) is 19.3. The van der Waals surface area contributed by atoms with Gasteiger partial charge in [-0.3, -0.25) is 9.59 Å². The summed E-state index contributed by atoms with van der Waals surface area (Å²) >= 11 is 3.23. The van der Waals surface area contributed by atoms with E-state index in [9.17, 15) is 9.59 Å². The maximum absolute atomic E-state index is 13.6. The molecule has 2 aliphatic heterocycles. The summed E-state index contributed by atoms with van der Waals surface area (Å²) < 4.78 is 5.79. The molecule has 2 aliphatic rings. The first-order valence-corrected chi connectivity index (χ1v) is 13.4. The van der Waals surface area contributed by atoms with Crippen LogP contribution in [0.4, 0.5) is 0 Å². The highest BCUT2D eigenvalue weighted by atomic mass is 32.2. The molecule has 0 aliphatic carbocycles. The van der Waals surface area contributed by atoms with Crippen LogP contribution in [0.1, 0.15) is 43.4 Å². The Hall–Kier alpha value is -2.84. The maximum Gasteiger partial charge on any atom is 0.274 e. The summed E-state index contributed by atoms with van der Waals surface area (Å²) in [6.45, 7) is 5.62. The number of aryl methyl sites for hydroxylation is 3. The lowest BCUT2D eigenvalue weighted by molar-refractivity contribution is 0.0746. The molecule has 6 nitrogen and oxygen atoms in total. The Kier molecular flexibility index (Phi) is 6.61. The first-order chi connectivity index (χ1) is 16.5. The number of fused-ring (bicyclic) bond motifs is 1. The van der Waals surface area contributed by atoms with Crippen molar-refractivity contribution < 1.29 is 14.3 Å². The minimum absolute atomic E-state index is 0.0782. The summed E-state index contributed by atoms with van der Waals surface area (Å²) in [5, 5.41) is 3.77. The van der Waals surface area contributed by atoms with E-state index in [0.717, 1.165) is 45.2 Å². The molecule has 2 aromatic carbocycles. The fourth-order valence-corrected chi connectivity index (χ4v) is 6.52. The lowest BCUT2D eigenvalue weighted by atomic mass is 10.0. The zero-order chi connectivity index (χ0) is 23.7. The number of ether oxygens (including phenoxy) is 1. The molecule has 0 bridgehead atoms. The number of thioether (sulfide) groups is 1. The average Bonchev–Trinajstić information content (AvgIpc) is 3.48. The molecule has 0 saturated carbocycles. The van der Waals surface area contributed by atoms with Gasteiger partial charge in [-0.25, -0.2) is 4.98 Å². The van der Waals surface area contributed by atoms with E-state index in [0.29, 0.717) is 36.7 Å². The number of amides is 2. The molecule has 176 valence electrons. The van der Waals surface area contributed by atoms with E-state index in [4.69, 9.17) is 4.74 Å². The number of nitrogens with one attached hydrogen (secondary N) is 1. The molecular weight excluding hydrogens is 466 g/mol. The zero-order valence-corrected chi connectivity index (χ0v) is 20.9. The number of carbonyl (C=O) groups excluding carboxylic acids is 2. The number of carbonyl (C=O) groups is 2. The summed E-state index contributed by atoms with van der Waals surface area (Å²) in [4.78, 5) is 33.9. The van der Waals surface area contributed by atoms with Crippen molar-refractivity contribution in [3.63, 3.8) is 0 Å². The van der Waals surface area contributed by atoms with Gasteiger partial charge in [0.05, 0.1) is 27.4 Å². The normalized spacial score (nSPS) is 17.2. The van der Waals surface area contributed by atoms with E-state index < -0.39 is 0 Å². The van der Waals surface area contributed by atoms with Gasteiger partial charge < -0.3 is 15.0 Å². The highest BCUT2D eigenvalue weighted by Gasteiger charge is 2.33. The van der Waals surface area contributed by atoms with E-state index >= 15 is 0 Å². The largest absolute Gasteiger partial charge is 0.492 e. The smallest absolute Gasteiger partial charge is 0.274 e. The molecule has 2 amide bonds. The number of hydrogen-bond donors (Lipinski definition) is 1. The number of nitrogens with zero attached hydrogens (tertiary/aromatic N) is 2. The van der Waals surface area contributed by atoms with Crippen molar-refractivity contribution in [2.45, 2.75) is 32.1 Å². The van der Waals surface area contributed by atoms with Crippen LogP contribution in [0, 0.1) is 13.8 Å². The molecule has 1 aromatic heterocycles. The molecule has 1 saturated heterocycles. The number of thiazole rings is 1. The minimum Gasteiger partial charge on any atom is -0.492 e. The van der Waals surface area contributed by atoms with E-state index in [2.05, 4.69) is 16.4 Å². The Balaban J connectivity index is 1.32. The molecule has 1 unspecified atom stereocenters. The minimum atomic E-state index is -0.163. The predicted molar refractivity (Wildman–Crippen MR) is 137 cm³/mol. The molecule has 0 spiro atoms. The van der Waals surface area contributed by atoms with Gasteiger partial charge >= 0.3 is 0 Å². The van der Waals surface area contributed by atoms with Crippen LogP contribution < -0.4 is 10.1 Å². The van der Waals surface area contributed by atoms with E-state index in [1.165, 1.54) is 0 Å². The summed E-state index contributed by atoms with van der Waals surface area (Å²) in [7, 11) is 0. The Morgan fingerprint density at radius 3 is 2.91 bits per heavy atom. The Morgan fingerprint density at radius 2 is 2.06 bits per heavy atom. The van der Waals surface area contributed by atoms with Crippen molar-refractivity contribution >= 4 is 34.9 Å². The van der Waals surface area contributed by atoms with E-state index in [1.54, 1.807) is 29.2 Å². The van der Waals surface area contributed by atoms with Crippen LogP contribution in [0.5, 0.6) is 5.75 Å². The van der Waals surface area contributed by atoms with Crippen LogP contribution in [0.25, 0.3) is 10.4 Å². The number of hydrogen-bond acceptors (Lipinski definition) is 6. The van der Waals surface area contributed by atoms with Gasteiger partial charge in [0.2, 0.25) is 0 Å². The molecule has 5 rings (SSSR count). The highest BCUT2D eigenvalue weighted by molar-refractivity contribution is 8.00. The maximum atomic E-state index is 13.6. The van der Waals surface area contributed by atoms with Crippen molar-refractivity contribution in [2.75, 3.05) is 25.4 Å². The topological polar surface area (TPSA) is 71.5 Å². The van der Waals surface area contributed by atoms with E-state index in [1.807, 2.05) is 49.1 Å². The second-order valence-corrected chi connectivity index (χ2v) is 11.0. The second-order valence-electron chi connectivity index (χ2n) is 8.56. The Labute approximate surface area is 207 Å². The number of aromatic nitrogens is 1. The Morgan fingerprint density at radius 1 is 1.21 bits per heavy atom. The third-order valence-corrected chi connectivity index (χ3v) is 8.33. The monoisotopic (exact) mass is 493 g/mol. The van der Waals surface area contributed by atoms with Gasteiger partial charge in [-0.05, 0) is 43.9 Å². The Bertz CT molecular complexity index is 1240. The van der Waals surface area contributed by atoms with Crippen molar-refractivity contribution in [2.24, 2.45) is 0 Å². The summed E-state index contributed by atoms with van der Waals surface area (Å²) in [5.41, 5.74) is 4.30. The van der Waals surface area contributed by atoms with Crippen molar-refractivity contribution in [3.05, 3.63) is 69.9 Å². The fraction of sp³-hybridized carbons (Fsp3) is 0.346. The third-order valence-electron chi connectivity index (χ3n) is 6.08. The SMILES string of the molecule is Cc1cccc(-c2sc(C)nc2C(=O)N2CCSC2CNC(=O)c2cccc3c2OCCC3)c1. The number of rotatable bonds is 5. The molecule has 3 heterocycles.